The van der Waals surface area contributed by atoms with Crippen LogP contribution in [0.1, 0.15) is 27.8 Å². The van der Waals surface area contributed by atoms with Crippen LogP contribution in [0.3, 0.4) is 0 Å². The number of nitrogens with zero attached hydrogens (tertiary/aromatic N) is 5. The van der Waals surface area contributed by atoms with Gasteiger partial charge in [-0.15, -0.1) is 0 Å². The smallest absolute Gasteiger partial charge is 0.367 e. The maximum Gasteiger partial charge on any atom is 0.416 e. The fourth-order valence-electron chi connectivity index (χ4n) is 4.62. The number of nitrogens with two attached hydrogens (primary N) is 1. The predicted octanol–water partition coefficient (Wildman–Crippen LogP) is 4.23. The summed E-state index contributed by atoms with van der Waals surface area (Å²) in [6.07, 6.45) is -4.50. The minimum atomic E-state index is -4.50. The number of benzene rings is 3. The van der Waals surface area contributed by atoms with Crippen molar-refractivity contribution in [3.8, 4) is 0 Å². The largest absolute Gasteiger partial charge is 0.416 e. The fraction of sp³-hybridized carbons (Fsp3) is 0.185. The minimum Gasteiger partial charge on any atom is -0.367 e. The number of amides is 1. The van der Waals surface area contributed by atoms with Crippen molar-refractivity contribution in [2.45, 2.75) is 26.6 Å². The van der Waals surface area contributed by atoms with Gasteiger partial charge in [-0.25, -0.2) is 4.68 Å². The third-order valence-electron chi connectivity index (χ3n) is 6.32. The molecular weight excluding hydrogens is 509 g/mol. The van der Waals surface area contributed by atoms with Crippen LogP contribution in [-0.2, 0) is 17.5 Å². The van der Waals surface area contributed by atoms with Gasteiger partial charge in [0.1, 0.15) is 6.54 Å². The number of halogens is 3. The third kappa shape index (κ3) is 5.40. The molecule has 0 unspecified atom stereocenters. The van der Waals surface area contributed by atoms with Crippen molar-refractivity contribution >= 4 is 34.5 Å². The molecule has 0 atom stereocenters. The number of aryl methyl sites for hydroxylation is 2. The first-order valence-corrected chi connectivity index (χ1v) is 12.0. The summed E-state index contributed by atoms with van der Waals surface area (Å²) in [5.74, 6) is -0.485. The van der Waals surface area contributed by atoms with Gasteiger partial charge in [0, 0.05) is 22.5 Å². The van der Waals surface area contributed by atoms with E-state index in [1.807, 2.05) is 67.3 Å². The molecule has 3 aromatic carbocycles. The summed E-state index contributed by atoms with van der Waals surface area (Å²) in [5, 5.41) is 10.6. The predicted molar refractivity (Wildman–Crippen MR) is 141 cm³/mol. The lowest BCUT2D eigenvalue weighted by Gasteiger charge is -2.22. The molecule has 0 radical (unpaired) electrons. The van der Waals surface area contributed by atoms with Crippen molar-refractivity contribution in [3.63, 3.8) is 0 Å². The van der Waals surface area contributed by atoms with Crippen molar-refractivity contribution in [1.82, 2.24) is 31.1 Å². The van der Waals surface area contributed by atoms with Gasteiger partial charge in [0.25, 0.3) is 5.91 Å². The average molecular weight is 535 g/mol. The second kappa shape index (κ2) is 10.1. The zero-order valence-electron chi connectivity index (χ0n) is 21.1. The van der Waals surface area contributed by atoms with Crippen LogP contribution in [-0.4, -0.2) is 32.7 Å². The molecule has 0 saturated heterocycles. The Morgan fingerprint density at radius 2 is 1.72 bits per heavy atom. The zero-order chi connectivity index (χ0) is 27.7. The number of aromatic nitrogens is 4. The summed E-state index contributed by atoms with van der Waals surface area (Å²) in [6.45, 7) is 3.93. The van der Waals surface area contributed by atoms with Gasteiger partial charge >= 0.3 is 6.18 Å². The molecule has 4 aromatic rings. The van der Waals surface area contributed by atoms with Gasteiger partial charge < -0.3 is 10.6 Å². The molecule has 12 heteroatoms. The lowest BCUT2D eigenvalue weighted by Crippen LogP contribution is -2.39. The maximum absolute atomic E-state index is 13.7. The summed E-state index contributed by atoms with van der Waals surface area (Å²) in [7, 11) is 0. The van der Waals surface area contributed by atoms with E-state index in [1.54, 1.807) is 0 Å². The van der Waals surface area contributed by atoms with Gasteiger partial charge in [0.05, 0.1) is 17.8 Å². The van der Waals surface area contributed by atoms with E-state index in [4.69, 9.17) is 5.73 Å². The molecule has 1 aromatic heterocycles. The molecule has 0 saturated carbocycles. The van der Waals surface area contributed by atoms with E-state index < -0.39 is 17.6 Å². The van der Waals surface area contributed by atoms with Crippen LogP contribution in [0, 0.1) is 13.8 Å². The monoisotopic (exact) mass is 534 g/mol. The number of nitrogen functional groups attached to an aromatic ring is 1. The molecule has 5 rings (SSSR count). The standard InChI is InChI=1S/C27H25F3N8O/c1-16-10-17(2)12-20(11-16)37-14-22(21-9-8-19(13-23(21)37)27(28,29)30)25(18-6-4-3-5-7-18)33-32-24(39)15-38-26(31)34-35-36-38/h3-13,33H,14-15H2,1-2H3,(H,32,39)(H2,31,34,36)/b25-22+. The molecule has 1 aliphatic rings. The summed E-state index contributed by atoms with van der Waals surface area (Å²) < 4.78 is 42.3. The molecule has 1 aliphatic heterocycles. The number of anilines is 3. The van der Waals surface area contributed by atoms with Crippen molar-refractivity contribution in [1.29, 1.82) is 0 Å². The summed E-state index contributed by atoms with van der Waals surface area (Å²) in [5.41, 5.74) is 16.4. The quantitative estimate of drug-likeness (QED) is 0.317. The van der Waals surface area contributed by atoms with Crippen molar-refractivity contribution in [2.24, 2.45) is 0 Å². The first-order chi connectivity index (χ1) is 18.6. The van der Waals surface area contributed by atoms with Crippen LogP contribution in [0.4, 0.5) is 30.5 Å². The van der Waals surface area contributed by atoms with Gasteiger partial charge in [0.2, 0.25) is 5.95 Å². The molecule has 2 heterocycles. The van der Waals surface area contributed by atoms with Crippen LogP contribution in [0.25, 0.3) is 11.3 Å². The highest BCUT2D eigenvalue weighted by molar-refractivity contribution is 6.01. The number of hydrazine groups is 1. The molecule has 39 heavy (non-hydrogen) atoms. The van der Waals surface area contributed by atoms with Crippen LogP contribution >= 0.6 is 0 Å². The maximum atomic E-state index is 13.7. The van der Waals surface area contributed by atoms with Crippen LogP contribution in [0.5, 0.6) is 0 Å². The third-order valence-corrected chi connectivity index (χ3v) is 6.32. The minimum absolute atomic E-state index is 0.0129. The second-order valence-corrected chi connectivity index (χ2v) is 9.25. The van der Waals surface area contributed by atoms with Crippen LogP contribution < -0.4 is 21.5 Å². The van der Waals surface area contributed by atoms with Crippen molar-refractivity contribution in [2.75, 3.05) is 17.2 Å². The van der Waals surface area contributed by atoms with E-state index in [-0.39, 0.29) is 19.0 Å². The highest BCUT2D eigenvalue weighted by Gasteiger charge is 2.35. The van der Waals surface area contributed by atoms with E-state index in [9.17, 15) is 18.0 Å². The molecule has 200 valence electrons. The van der Waals surface area contributed by atoms with E-state index in [2.05, 4.69) is 26.4 Å². The van der Waals surface area contributed by atoms with Gasteiger partial charge in [-0.05, 0) is 65.2 Å². The molecular formula is C27H25F3N8O. The van der Waals surface area contributed by atoms with Crippen molar-refractivity contribution < 1.29 is 18.0 Å². The number of nitrogens with one attached hydrogen (secondary N) is 2. The summed E-state index contributed by atoms with van der Waals surface area (Å²) >= 11 is 0. The average Bonchev–Trinajstić information content (AvgIpc) is 3.47. The Labute approximate surface area is 222 Å². The van der Waals surface area contributed by atoms with E-state index >= 15 is 0 Å². The lowest BCUT2D eigenvalue weighted by atomic mass is 10.00. The normalized spacial score (nSPS) is 14.2. The Kier molecular flexibility index (Phi) is 6.69. The molecule has 4 N–H and O–H groups in total. The first kappa shape index (κ1) is 25.8. The summed E-state index contributed by atoms with van der Waals surface area (Å²) in [4.78, 5) is 14.5. The van der Waals surface area contributed by atoms with Crippen LogP contribution in [0.2, 0.25) is 0 Å². The molecule has 0 spiro atoms. The molecule has 9 nitrogen and oxygen atoms in total. The topological polar surface area (TPSA) is 114 Å². The Morgan fingerprint density at radius 1 is 1.00 bits per heavy atom. The highest BCUT2D eigenvalue weighted by atomic mass is 19.4. The zero-order valence-corrected chi connectivity index (χ0v) is 21.1. The first-order valence-electron chi connectivity index (χ1n) is 12.0. The SMILES string of the molecule is Cc1cc(C)cc(N2C/C(=C(\NNC(=O)Cn3nnnc3N)c3ccccc3)c3ccc(C(F)(F)F)cc32)c1. The highest BCUT2D eigenvalue weighted by Crippen LogP contribution is 2.45. The second-order valence-electron chi connectivity index (χ2n) is 9.25. The number of carbonyl (C=O) groups is 1. The lowest BCUT2D eigenvalue weighted by molar-refractivity contribution is -0.137. The van der Waals surface area contributed by atoms with Gasteiger partial charge in [-0.1, -0.05) is 47.6 Å². The number of alkyl halides is 3. The Morgan fingerprint density at radius 3 is 2.36 bits per heavy atom. The Balaban J connectivity index is 1.59. The van der Waals surface area contributed by atoms with Gasteiger partial charge in [0.15, 0.2) is 0 Å². The number of tetrazole rings is 1. The van der Waals surface area contributed by atoms with E-state index in [0.717, 1.165) is 33.1 Å². The van der Waals surface area contributed by atoms with Gasteiger partial charge in [-0.3, -0.25) is 15.6 Å². The Bertz CT molecular complexity index is 1540. The molecule has 1 amide bonds. The van der Waals surface area contributed by atoms with Crippen LogP contribution in [0.15, 0.2) is 66.7 Å². The molecule has 0 bridgehead atoms. The number of rotatable bonds is 6. The Hall–Kier alpha value is -4.87. The van der Waals surface area contributed by atoms with E-state index in [1.165, 1.54) is 12.1 Å². The van der Waals surface area contributed by atoms with Crippen molar-refractivity contribution in [3.05, 3.63) is 94.5 Å². The molecule has 0 aliphatic carbocycles. The van der Waals surface area contributed by atoms with E-state index in [0.29, 0.717) is 22.5 Å². The number of hydrogen-bond donors (Lipinski definition) is 3. The number of carbonyl (C=O) groups excluding carboxylic acids is 1. The fourth-order valence-corrected chi connectivity index (χ4v) is 4.62. The van der Waals surface area contributed by atoms with Gasteiger partial charge in [-0.2, -0.15) is 13.2 Å². The summed E-state index contributed by atoms with van der Waals surface area (Å²) in [6, 6.07) is 18.8. The number of hydrogen-bond acceptors (Lipinski definition) is 7. The number of fused-ring (bicyclic) bond motifs is 1. The molecule has 0 fully saturated rings.